The molecule has 2 N–H and O–H groups in total. The van der Waals surface area contributed by atoms with Gasteiger partial charge < -0.3 is 15.2 Å². The zero-order chi connectivity index (χ0) is 21.7. The lowest BCUT2D eigenvalue weighted by atomic mass is 10.1. The van der Waals surface area contributed by atoms with Gasteiger partial charge in [-0.15, -0.1) is 10.2 Å². The number of nitrogens with one attached hydrogen (secondary N) is 2. The van der Waals surface area contributed by atoms with Crippen LogP contribution in [0.2, 0.25) is 0 Å². The van der Waals surface area contributed by atoms with Gasteiger partial charge in [0.2, 0.25) is 5.91 Å². The van der Waals surface area contributed by atoms with Crippen LogP contribution in [0.1, 0.15) is 34.7 Å². The van der Waals surface area contributed by atoms with Crippen LogP contribution in [0.25, 0.3) is 0 Å². The van der Waals surface area contributed by atoms with Crippen molar-refractivity contribution in [2.75, 3.05) is 11.1 Å². The number of aromatic nitrogens is 3. The Bertz CT molecular complexity index is 1050. The average Bonchev–Trinajstić information content (AvgIpc) is 3.08. The highest BCUT2D eigenvalue weighted by atomic mass is 32.2. The standard InChI is InChI=1S/C21H22FN5O2S/c1-13-5-4-6-15(11-13)20(29)23-14(2)19-25-26-21(27(19)3)30-12-18(28)24-17-9-7-16(22)8-10-17/h4-11,14H,12H2,1-3H3,(H,23,29)(H,24,28)/t14-/m1/s1. The number of rotatable bonds is 7. The molecule has 0 bridgehead atoms. The van der Waals surface area contributed by atoms with E-state index in [1.807, 2.05) is 32.0 Å². The molecule has 2 aromatic carbocycles. The summed E-state index contributed by atoms with van der Waals surface area (Å²) in [5, 5.41) is 14.4. The molecule has 3 rings (SSSR count). The van der Waals surface area contributed by atoms with Crippen LogP contribution in [-0.2, 0) is 11.8 Å². The fourth-order valence-corrected chi connectivity index (χ4v) is 3.54. The van der Waals surface area contributed by atoms with Crippen LogP contribution in [0, 0.1) is 12.7 Å². The minimum absolute atomic E-state index is 0.118. The van der Waals surface area contributed by atoms with Crippen molar-refractivity contribution in [3.05, 3.63) is 71.3 Å². The van der Waals surface area contributed by atoms with Gasteiger partial charge in [0.05, 0.1) is 11.8 Å². The summed E-state index contributed by atoms with van der Waals surface area (Å²) in [5.41, 5.74) is 2.11. The summed E-state index contributed by atoms with van der Waals surface area (Å²) in [4.78, 5) is 24.6. The first-order valence-corrected chi connectivity index (χ1v) is 10.3. The minimum Gasteiger partial charge on any atom is -0.342 e. The van der Waals surface area contributed by atoms with Gasteiger partial charge in [-0.2, -0.15) is 0 Å². The second-order valence-electron chi connectivity index (χ2n) is 6.81. The van der Waals surface area contributed by atoms with Crippen LogP contribution in [-0.4, -0.2) is 32.3 Å². The molecule has 0 saturated heterocycles. The van der Waals surface area contributed by atoms with Crippen molar-refractivity contribution in [2.24, 2.45) is 7.05 Å². The Morgan fingerprint density at radius 2 is 1.90 bits per heavy atom. The Morgan fingerprint density at radius 3 is 2.60 bits per heavy atom. The third-order valence-corrected chi connectivity index (χ3v) is 5.36. The number of hydrogen-bond donors (Lipinski definition) is 2. The number of carbonyl (C=O) groups is 2. The highest BCUT2D eigenvalue weighted by Gasteiger charge is 2.19. The average molecular weight is 428 g/mol. The van der Waals surface area contributed by atoms with Crippen molar-refractivity contribution in [2.45, 2.75) is 25.0 Å². The van der Waals surface area contributed by atoms with Gasteiger partial charge in [0.25, 0.3) is 5.91 Å². The Kier molecular flexibility index (Phi) is 6.83. The number of benzene rings is 2. The number of hydrogen-bond acceptors (Lipinski definition) is 5. The maximum atomic E-state index is 12.9. The van der Waals surface area contributed by atoms with Gasteiger partial charge in [0.1, 0.15) is 5.82 Å². The van der Waals surface area contributed by atoms with E-state index < -0.39 is 0 Å². The molecule has 156 valence electrons. The van der Waals surface area contributed by atoms with Crippen molar-refractivity contribution in [1.82, 2.24) is 20.1 Å². The maximum absolute atomic E-state index is 12.9. The number of thioether (sulfide) groups is 1. The summed E-state index contributed by atoms with van der Waals surface area (Å²) in [5.74, 6) is -0.0954. The van der Waals surface area contributed by atoms with Crippen molar-refractivity contribution in [3.63, 3.8) is 0 Å². The predicted octanol–water partition coefficient (Wildman–Crippen LogP) is 3.48. The molecule has 1 heterocycles. The largest absolute Gasteiger partial charge is 0.342 e. The molecule has 0 fully saturated rings. The predicted molar refractivity (Wildman–Crippen MR) is 114 cm³/mol. The zero-order valence-corrected chi connectivity index (χ0v) is 17.7. The van der Waals surface area contributed by atoms with Crippen LogP contribution >= 0.6 is 11.8 Å². The summed E-state index contributed by atoms with van der Waals surface area (Å²) < 4.78 is 14.7. The summed E-state index contributed by atoms with van der Waals surface area (Å²) in [7, 11) is 1.78. The molecule has 0 saturated carbocycles. The molecular weight excluding hydrogens is 405 g/mol. The zero-order valence-electron chi connectivity index (χ0n) is 16.8. The van der Waals surface area contributed by atoms with Gasteiger partial charge in [-0.25, -0.2) is 4.39 Å². The maximum Gasteiger partial charge on any atom is 0.251 e. The van der Waals surface area contributed by atoms with E-state index in [4.69, 9.17) is 0 Å². The highest BCUT2D eigenvalue weighted by Crippen LogP contribution is 2.20. The number of amides is 2. The molecule has 1 aromatic heterocycles. The van der Waals surface area contributed by atoms with Gasteiger partial charge in [0.15, 0.2) is 11.0 Å². The van der Waals surface area contributed by atoms with Crippen LogP contribution in [0.4, 0.5) is 10.1 Å². The van der Waals surface area contributed by atoms with Crippen molar-refractivity contribution in [1.29, 1.82) is 0 Å². The molecule has 2 amide bonds. The highest BCUT2D eigenvalue weighted by molar-refractivity contribution is 7.99. The number of anilines is 1. The first-order valence-electron chi connectivity index (χ1n) is 9.28. The number of carbonyl (C=O) groups excluding carboxylic acids is 2. The topological polar surface area (TPSA) is 88.9 Å². The molecule has 0 spiro atoms. The quantitative estimate of drug-likeness (QED) is 0.564. The Morgan fingerprint density at radius 1 is 1.17 bits per heavy atom. The van der Waals surface area contributed by atoms with Gasteiger partial charge >= 0.3 is 0 Å². The Hall–Kier alpha value is -3.20. The summed E-state index contributed by atoms with van der Waals surface area (Å²) >= 11 is 1.22. The van der Waals surface area contributed by atoms with Gasteiger partial charge in [-0.05, 0) is 50.2 Å². The second kappa shape index (κ2) is 9.53. The van der Waals surface area contributed by atoms with E-state index in [9.17, 15) is 14.0 Å². The number of nitrogens with zero attached hydrogens (tertiary/aromatic N) is 3. The Labute approximate surface area is 178 Å². The Balaban J connectivity index is 1.57. The molecule has 0 radical (unpaired) electrons. The summed E-state index contributed by atoms with van der Waals surface area (Å²) in [6.45, 7) is 3.76. The monoisotopic (exact) mass is 427 g/mol. The lowest BCUT2D eigenvalue weighted by Crippen LogP contribution is -2.28. The fraction of sp³-hybridized carbons (Fsp3) is 0.238. The van der Waals surface area contributed by atoms with E-state index in [2.05, 4.69) is 20.8 Å². The van der Waals surface area contributed by atoms with Crippen molar-refractivity contribution in [3.8, 4) is 0 Å². The van der Waals surface area contributed by atoms with Gasteiger partial charge in [0, 0.05) is 18.3 Å². The summed E-state index contributed by atoms with van der Waals surface area (Å²) in [6.07, 6.45) is 0. The van der Waals surface area contributed by atoms with Crippen LogP contribution in [0.5, 0.6) is 0 Å². The van der Waals surface area contributed by atoms with Crippen LogP contribution in [0.15, 0.2) is 53.7 Å². The molecule has 30 heavy (non-hydrogen) atoms. The number of halogens is 1. The molecule has 9 heteroatoms. The molecular formula is C21H22FN5O2S. The second-order valence-corrected chi connectivity index (χ2v) is 7.75. The van der Waals surface area contributed by atoms with Gasteiger partial charge in [-0.1, -0.05) is 29.5 Å². The normalized spacial score (nSPS) is 11.7. The molecule has 0 aliphatic heterocycles. The SMILES string of the molecule is Cc1cccc(C(=O)N[C@H](C)c2nnc(SCC(=O)Nc3ccc(F)cc3)n2C)c1. The lowest BCUT2D eigenvalue weighted by Gasteiger charge is -2.14. The van der Waals surface area contributed by atoms with Crippen LogP contribution in [0.3, 0.4) is 0 Å². The molecule has 0 aliphatic rings. The fourth-order valence-electron chi connectivity index (χ4n) is 2.82. The van der Waals surface area contributed by atoms with E-state index in [1.54, 1.807) is 17.7 Å². The molecule has 0 unspecified atom stereocenters. The van der Waals surface area contributed by atoms with Gasteiger partial charge in [-0.3, -0.25) is 9.59 Å². The molecule has 7 nitrogen and oxygen atoms in total. The minimum atomic E-state index is -0.363. The first-order chi connectivity index (χ1) is 14.3. The van der Waals surface area contributed by atoms with E-state index in [0.717, 1.165) is 5.56 Å². The van der Waals surface area contributed by atoms with E-state index in [0.29, 0.717) is 22.2 Å². The molecule has 3 aromatic rings. The van der Waals surface area contributed by atoms with E-state index in [-0.39, 0.29) is 29.4 Å². The first kappa shape index (κ1) is 21.5. The molecule has 0 aliphatic carbocycles. The van der Waals surface area contributed by atoms with E-state index in [1.165, 1.54) is 36.0 Å². The van der Waals surface area contributed by atoms with Crippen molar-refractivity contribution < 1.29 is 14.0 Å². The van der Waals surface area contributed by atoms with E-state index >= 15 is 0 Å². The molecule has 1 atom stereocenters. The van der Waals surface area contributed by atoms with Crippen LogP contribution < -0.4 is 10.6 Å². The smallest absolute Gasteiger partial charge is 0.251 e. The summed E-state index contributed by atoms with van der Waals surface area (Å²) in [6, 6.07) is 12.5. The number of aryl methyl sites for hydroxylation is 1. The van der Waals surface area contributed by atoms with Crippen molar-refractivity contribution >= 4 is 29.3 Å². The lowest BCUT2D eigenvalue weighted by molar-refractivity contribution is -0.113. The third-order valence-electron chi connectivity index (χ3n) is 4.34. The third kappa shape index (κ3) is 5.44.